The molecule has 0 saturated carbocycles. The van der Waals surface area contributed by atoms with E-state index in [-0.39, 0.29) is 12.0 Å². The van der Waals surface area contributed by atoms with Gasteiger partial charge in [-0.25, -0.2) is 4.99 Å². The number of ether oxygens (including phenoxy) is 1. The first-order valence-corrected chi connectivity index (χ1v) is 7.12. The minimum atomic E-state index is -0.475. The van der Waals surface area contributed by atoms with E-state index in [9.17, 15) is 4.79 Å². The van der Waals surface area contributed by atoms with Crippen LogP contribution in [0.2, 0.25) is 0 Å². The Bertz CT molecular complexity index is 514. The van der Waals surface area contributed by atoms with Crippen molar-refractivity contribution in [2.75, 3.05) is 13.1 Å². The number of hydrogen-bond donors (Lipinski definition) is 0. The minimum Gasteiger partial charge on any atom is -0.473 e. The van der Waals surface area contributed by atoms with E-state index in [0.717, 1.165) is 36.0 Å². The van der Waals surface area contributed by atoms with E-state index in [1.54, 1.807) is 12.4 Å². The molecule has 0 radical (unpaired) electrons. The molecule has 2 aliphatic heterocycles. The van der Waals surface area contributed by atoms with Crippen molar-refractivity contribution in [2.24, 2.45) is 4.99 Å². The Labute approximate surface area is 119 Å². The molecule has 0 aliphatic carbocycles. The number of nitrogens with zero attached hydrogens (tertiary/aromatic N) is 3. The fourth-order valence-corrected chi connectivity index (χ4v) is 2.97. The van der Waals surface area contributed by atoms with Crippen molar-refractivity contribution in [2.45, 2.75) is 25.0 Å². The molecular formula is C13H14BrN3O2. The van der Waals surface area contributed by atoms with Gasteiger partial charge in [-0.15, -0.1) is 0 Å². The third-order valence-corrected chi connectivity index (χ3v) is 4.16. The fourth-order valence-electron chi connectivity index (χ4n) is 2.50. The largest absolute Gasteiger partial charge is 0.473 e. The van der Waals surface area contributed by atoms with Crippen LogP contribution in [0.15, 0.2) is 27.9 Å². The molecule has 100 valence electrons. The molecule has 3 heterocycles. The lowest BCUT2D eigenvalue weighted by Gasteiger charge is -2.22. The molecule has 1 aromatic rings. The van der Waals surface area contributed by atoms with E-state index < -0.39 is 6.04 Å². The quantitative estimate of drug-likeness (QED) is 0.835. The molecular weight excluding hydrogens is 310 g/mol. The molecule has 0 bridgehead atoms. The van der Waals surface area contributed by atoms with Gasteiger partial charge >= 0.3 is 0 Å². The number of halogens is 1. The van der Waals surface area contributed by atoms with Crippen LogP contribution in [0, 0.1) is 0 Å². The normalized spacial score (nSPS) is 25.6. The Morgan fingerprint density at radius 1 is 1.42 bits per heavy atom. The molecule has 0 spiro atoms. The first kappa shape index (κ1) is 12.6. The van der Waals surface area contributed by atoms with Gasteiger partial charge < -0.3 is 9.64 Å². The second kappa shape index (κ2) is 5.28. The number of pyridine rings is 1. The highest BCUT2D eigenvalue weighted by Crippen LogP contribution is 2.32. The number of aromatic nitrogens is 1. The average molecular weight is 324 g/mol. The van der Waals surface area contributed by atoms with Crippen molar-refractivity contribution in [3.63, 3.8) is 0 Å². The Hall–Kier alpha value is -1.43. The topological polar surface area (TPSA) is 54.8 Å². The van der Waals surface area contributed by atoms with Gasteiger partial charge in [0.15, 0.2) is 18.5 Å². The molecule has 5 nitrogen and oxygen atoms in total. The molecule has 0 N–H and O–H groups in total. The smallest absolute Gasteiger partial charge is 0.251 e. The summed E-state index contributed by atoms with van der Waals surface area (Å²) < 4.78 is 6.35. The predicted molar refractivity (Wildman–Crippen MR) is 73.9 cm³/mol. The SMILES string of the molecule is O=C([C@@H]1N=CO[C@H]1c1ccncc1Br)N1CCCC1. The number of hydrogen-bond acceptors (Lipinski definition) is 4. The molecule has 1 amide bonds. The van der Waals surface area contributed by atoms with E-state index in [2.05, 4.69) is 25.9 Å². The van der Waals surface area contributed by atoms with E-state index in [4.69, 9.17) is 4.74 Å². The lowest BCUT2D eigenvalue weighted by Crippen LogP contribution is -2.38. The molecule has 1 fully saturated rings. The summed E-state index contributed by atoms with van der Waals surface area (Å²) in [4.78, 5) is 22.5. The van der Waals surface area contributed by atoms with E-state index in [0.29, 0.717) is 0 Å². The van der Waals surface area contributed by atoms with Crippen LogP contribution in [0.5, 0.6) is 0 Å². The first-order chi connectivity index (χ1) is 9.27. The summed E-state index contributed by atoms with van der Waals surface area (Å²) in [5.74, 6) is 0.0555. The summed E-state index contributed by atoms with van der Waals surface area (Å²) in [5.41, 5.74) is 0.907. The van der Waals surface area contributed by atoms with Gasteiger partial charge in [-0.1, -0.05) is 0 Å². The van der Waals surface area contributed by atoms with Crippen molar-refractivity contribution >= 4 is 28.2 Å². The van der Waals surface area contributed by atoms with Gasteiger partial charge in [0.05, 0.1) is 0 Å². The van der Waals surface area contributed by atoms with Crippen LogP contribution >= 0.6 is 15.9 Å². The van der Waals surface area contributed by atoms with Gasteiger partial charge in [-0.2, -0.15) is 0 Å². The van der Waals surface area contributed by atoms with Gasteiger partial charge in [0, 0.05) is 35.5 Å². The highest BCUT2D eigenvalue weighted by molar-refractivity contribution is 9.10. The fraction of sp³-hybridized carbons (Fsp3) is 0.462. The number of likely N-dealkylation sites (tertiary alicyclic amines) is 1. The summed E-state index contributed by atoms with van der Waals surface area (Å²) >= 11 is 3.44. The van der Waals surface area contributed by atoms with Crippen LogP contribution in [-0.2, 0) is 9.53 Å². The highest BCUT2D eigenvalue weighted by Gasteiger charge is 2.38. The van der Waals surface area contributed by atoms with Crippen LogP contribution in [0.3, 0.4) is 0 Å². The highest BCUT2D eigenvalue weighted by atomic mass is 79.9. The molecule has 0 unspecified atom stereocenters. The lowest BCUT2D eigenvalue weighted by atomic mass is 10.0. The van der Waals surface area contributed by atoms with Crippen molar-refractivity contribution in [1.82, 2.24) is 9.88 Å². The maximum Gasteiger partial charge on any atom is 0.251 e. The van der Waals surface area contributed by atoms with Crippen LogP contribution in [-0.4, -0.2) is 41.3 Å². The monoisotopic (exact) mass is 323 g/mol. The summed E-state index contributed by atoms with van der Waals surface area (Å²) in [6.07, 6.45) is 6.58. The van der Waals surface area contributed by atoms with E-state index in [1.807, 2.05) is 11.0 Å². The maximum atomic E-state index is 12.4. The van der Waals surface area contributed by atoms with Crippen molar-refractivity contribution in [3.05, 3.63) is 28.5 Å². The van der Waals surface area contributed by atoms with E-state index in [1.165, 1.54) is 6.40 Å². The number of aliphatic imine (C=N–C) groups is 1. The van der Waals surface area contributed by atoms with Crippen molar-refractivity contribution < 1.29 is 9.53 Å². The van der Waals surface area contributed by atoms with Gasteiger partial charge in [-0.3, -0.25) is 9.78 Å². The Balaban J connectivity index is 1.83. The Morgan fingerprint density at radius 3 is 2.95 bits per heavy atom. The Morgan fingerprint density at radius 2 is 2.21 bits per heavy atom. The Kier molecular flexibility index (Phi) is 3.50. The summed E-state index contributed by atoms with van der Waals surface area (Å²) in [6.45, 7) is 1.66. The number of carbonyl (C=O) groups is 1. The molecule has 0 aromatic carbocycles. The van der Waals surface area contributed by atoms with Gasteiger partial charge in [0.25, 0.3) is 5.91 Å². The molecule has 2 aliphatic rings. The molecule has 1 aromatic heterocycles. The first-order valence-electron chi connectivity index (χ1n) is 6.32. The van der Waals surface area contributed by atoms with Gasteiger partial charge in [0.2, 0.25) is 0 Å². The molecule has 1 saturated heterocycles. The summed E-state index contributed by atoms with van der Waals surface area (Å²) in [6, 6.07) is 1.38. The molecule has 3 rings (SSSR count). The third kappa shape index (κ3) is 2.36. The standard InChI is InChI=1S/C13H14BrN3O2/c14-10-7-15-4-3-9(10)12-11(16-8-19-12)13(18)17-5-1-2-6-17/h3-4,7-8,11-12H,1-2,5-6H2/t11-,12+/m1/s1. The summed E-state index contributed by atoms with van der Waals surface area (Å²) in [7, 11) is 0. The van der Waals surface area contributed by atoms with E-state index >= 15 is 0 Å². The average Bonchev–Trinajstić information content (AvgIpc) is 3.10. The molecule has 6 heteroatoms. The maximum absolute atomic E-state index is 12.4. The van der Waals surface area contributed by atoms with Crippen molar-refractivity contribution in [3.8, 4) is 0 Å². The number of amides is 1. The van der Waals surface area contributed by atoms with Crippen molar-refractivity contribution in [1.29, 1.82) is 0 Å². The van der Waals surface area contributed by atoms with Gasteiger partial charge in [-0.05, 0) is 34.8 Å². The summed E-state index contributed by atoms with van der Waals surface area (Å²) in [5, 5.41) is 0. The second-order valence-electron chi connectivity index (χ2n) is 4.69. The van der Waals surface area contributed by atoms with Crippen LogP contribution in [0.25, 0.3) is 0 Å². The lowest BCUT2D eigenvalue weighted by molar-refractivity contribution is -0.133. The molecule has 2 atom stereocenters. The van der Waals surface area contributed by atoms with Crippen LogP contribution in [0.1, 0.15) is 24.5 Å². The molecule has 19 heavy (non-hydrogen) atoms. The minimum absolute atomic E-state index is 0.0555. The van der Waals surface area contributed by atoms with Crippen LogP contribution in [0.4, 0.5) is 0 Å². The zero-order valence-corrected chi connectivity index (χ0v) is 11.9. The van der Waals surface area contributed by atoms with Crippen LogP contribution < -0.4 is 0 Å². The number of carbonyl (C=O) groups excluding carboxylic acids is 1. The third-order valence-electron chi connectivity index (χ3n) is 3.50. The zero-order chi connectivity index (χ0) is 13.2. The number of rotatable bonds is 2. The van der Waals surface area contributed by atoms with Gasteiger partial charge in [0.1, 0.15) is 0 Å². The second-order valence-corrected chi connectivity index (χ2v) is 5.54. The zero-order valence-electron chi connectivity index (χ0n) is 10.3. The predicted octanol–water partition coefficient (Wildman–Crippen LogP) is 1.93.